The normalized spacial score (nSPS) is 21.0. The van der Waals surface area contributed by atoms with Gasteiger partial charge in [-0.05, 0) is 109 Å². The zero-order valence-electron chi connectivity index (χ0n) is 23.7. The first-order valence-corrected chi connectivity index (χ1v) is 14.2. The van der Waals surface area contributed by atoms with Gasteiger partial charge in [0.15, 0.2) is 0 Å². The predicted molar refractivity (Wildman–Crippen MR) is 163 cm³/mol. The lowest BCUT2D eigenvalue weighted by molar-refractivity contribution is 0.102. The minimum Gasteiger partial charge on any atom is -0.497 e. The van der Waals surface area contributed by atoms with Crippen LogP contribution in [0.15, 0.2) is 91.0 Å². The first-order chi connectivity index (χ1) is 20.0. The molecule has 0 aliphatic heterocycles. The molecule has 1 amide bonds. The molecule has 2 fully saturated rings. The fraction of sp³-hybridized carbons (Fsp3) is 0.286. The summed E-state index contributed by atoms with van der Waals surface area (Å²) in [4.78, 5) is 13.1. The monoisotopic (exact) mass is 548 g/mol. The van der Waals surface area contributed by atoms with E-state index < -0.39 is 0 Å². The highest BCUT2D eigenvalue weighted by Crippen LogP contribution is 2.50. The van der Waals surface area contributed by atoms with Crippen molar-refractivity contribution in [2.24, 2.45) is 11.8 Å². The van der Waals surface area contributed by atoms with Crippen LogP contribution in [0.5, 0.6) is 17.2 Å². The molecule has 0 radical (unpaired) electrons. The van der Waals surface area contributed by atoms with Crippen LogP contribution < -0.4 is 24.8 Å². The maximum Gasteiger partial charge on any atom is 0.255 e. The summed E-state index contributed by atoms with van der Waals surface area (Å²) in [6.45, 7) is 0. The Labute approximate surface area is 241 Å². The number of methoxy groups -OCH3 is 2. The first-order valence-electron chi connectivity index (χ1n) is 14.2. The van der Waals surface area contributed by atoms with Gasteiger partial charge in [0.05, 0.1) is 14.2 Å². The summed E-state index contributed by atoms with van der Waals surface area (Å²) in [5, 5.41) is 6.49. The second-order valence-electron chi connectivity index (χ2n) is 11.0. The van der Waals surface area contributed by atoms with Crippen LogP contribution in [0.3, 0.4) is 0 Å². The maximum absolute atomic E-state index is 13.1. The van der Waals surface area contributed by atoms with Crippen molar-refractivity contribution in [1.29, 1.82) is 0 Å². The SMILES string of the molecule is CNC1CC(Oc2ccc(-c3ccc(NC(=O)c4ccc(OC)c(-c5cccc(OC)c5)c4)cc3)cc2)CC2CC21. The highest BCUT2D eigenvalue weighted by molar-refractivity contribution is 6.05. The molecule has 0 saturated heterocycles. The predicted octanol–water partition coefficient (Wildman–Crippen LogP) is 7.06. The minimum absolute atomic E-state index is 0.188. The Morgan fingerprint density at radius 3 is 2.22 bits per heavy atom. The Morgan fingerprint density at radius 1 is 0.756 bits per heavy atom. The third-order valence-electron chi connectivity index (χ3n) is 8.42. The number of hydrogen-bond donors (Lipinski definition) is 2. The summed E-state index contributed by atoms with van der Waals surface area (Å²) < 4.78 is 17.3. The third kappa shape index (κ3) is 5.93. The van der Waals surface area contributed by atoms with Crippen LogP contribution in [0.25, 0.3) is 22.3 Å². The largest absolute Gasteiger partial charge is 0.497 e. The Bertz CT molecular complexity index is 1520. The number of nitrogens with one attached hydrogen (secondary N) is 2. The van der Waals surface area contributed by atoms with E-state index in [1.54, 1.807) is 20.3 Å². The standard InChI is InChI=1S/C35H36N2O4/c1-36-33-21-30(18-26-20-31(26)33)41-28-14-9-23(10-15-28)22-7-12-27(13-8-22)37-35(38)25-11-16-34(40-3)32(19-25)24-5-4-6-29(17-24)39-2/h4-17,19,26,30-31,33,36H,18,20-21H2,1-3H3,(H,37,38). The molecule has 4 atom stereocenters. The smallest absolute Gasteiger partial charge is 0.255 e. The summed E-state index contributed by atoms with van der Waals surface area (Å²) >= 11 is 0. The number of anilines is 1. The minimum atomic E-state index is -0.188. The van der Waals surface area contributed by atoms with E-state index in [1.165, 1.54) is 6.42 Å². The molecule has 6 rings (SSSR count). The van der Waals surface area contributed by atoms with Crippen LogP contribution in [0.4, 0.5) is 5.69 Å². The van der Waals surface area contributed by atoms with Gasteiger partial charge in [0.2, 0.25) is 0 Å². The topological polar surface area (TPSA) is 68.8 Å². The maximum atomic E-state index is 13.1. The Morgan fingerprint density at radius 2 is 1.51 bits per heavy atom. The van der Waals surface area contributed by atoms with E-state index in [0.29, 0.717) is 17.4 Å². The van der Waals surface area contributed by atoms with Crippen molar-refractivity contribution >= 4 is 11.6 Å². The van der Waals surface area contributed by atoms with Gasteiger partial charge in [0.1, 0.15) is 23.4 Å². The number of rotatable bonds is 9. The average Bonchev–Trinajstić information content (AvgIpc) is 3.81. The number of carbonyl (C=O) groups excluding carboxylic acids is 1. The Hall–Kier alpha value is -4.29. The average molecular weight is 549 g/mol. The Kier molecular flexibility index (Phi) is 7.66. The van der Waals surface area contributed by atoms with E-state index >= 15 is 0 Å². The van der Waals surface area contributed by atoms with Crippen molar-refractivity contribution in [2.45, 2.75) is 31.4 Å². The molecule has 2 N–H and O–H groups in total. The zero-order valence-corrected chi connectivity index (χ0v) is 23.7. The number of ether oxygens (including phenoxy) is 3. The lowest BCUT2D eigenvalue weighted by Gasteiger charge is -2.29. The number of fused-ring (bicyclic) bond motifs is 1. The summed E-state index contributed by atoms with van der Waals surface area (Å²) in [7, 11) is 5.32. The van der Waals surface area contributed by atoms with Crippen molar-refractivity contribution in [3.63, 3.8) is 0 Å². The fourth-order valence-electron chi connectivity index (χ4n) is 6.09. The van der Waals surface area contributed by atoms with Gasteiger partial charge in [-0.25, -0.2) is 0 Å². The second kappa shape index (κ2) is 11.7. The molecule has 0 heterocycles. The number of hydrogen-bond acceptors (Lipinski definition) is 5. The van der Waals surface area contributed by atoms with Gasteiger partial charge < -0.3 is 24.8 Å². The van der Waals surface area contributed by atoms with E-state index in [2.05, 4.69) is 41.9 Å². The molecule has 0 aromatic heterocycles. The molecule has 4 unspecified atom stereocenters. The van der Waals surface area contributed by atoms with Crippen LogP contribution in [0.1, 0.15) is 29.6 Å². The number of amides is 1. The van der Waals surface area contributed by atoms with Gasteiger partial charge in [-0.15, -0.1) is 0 Å². The first kappa shape index (κ1) is 26.9. The van der Waals surface area contributed by atoms with Crippen molar-refractivity contribution < 1.29 is 19.0 Å². The van der Waals surface area contributed by atoms with Crippen LogP contribution in [-0.2, 0) is 0 Å². The quantitative estimate of drug-likeness (QED) is 0.234. The molecule has 4 aromatic rings. The van der Waals surface area contributed by atoms with Gasteiger partial charge in [0.25, 0.3) is 5.91 Å². The number of carbonyl (C=O) groups is 1. The second-order valence-corrected chi connectivity index (χ2v) is 11.0. The van der Waals surface area contributed by atoms with Crippen LogP contribution >= 0.6 is 0 Å². The van der Waals surface area contributed by atoms with E-state index in [0.717, 1.165) is 64.1 Å². The van der Waals surface area contributed by atoms with Gasteiger partial charge in [-0.3, -0.25) is 4.79 Å². The summed E-state index contributed by atoms with van der Waals surface area (Å²) in [6, 6.07) is 29.9. The molecular weight excluding hydrogens is 512 g/mol. The van der Waals surface area contributed by atoms with Crippen LogP contribution in [0.2, 0.25) is 0 Å². The Balaban J connectivity index is 1.11. The van der Waals surface area contributed by atoms with Crippen molar-refractivity contribution in [2.75, 3.05) is 26.6 Å². The highest BCUT2D eigenvalue weighted by atomic mass is 16.5. The highest BCUT2D eigenvalue weighted by Gasteiger charge is 2.48. The molecule has 41 heavy (non-hydrogen) atoms. The van der Waals surface area contributed by atoms with Crippen LogP contribution in [-0.4, -0.2) is 39.3 Å². The van der Waals surface area contributed by atoms with Crippen LogP contribution in [0, 0.1) is 11.8 Å². The van der Waals surface area contributed by atoms with Crippen molar-refractivity contribution in [1.82, 2.24) is 5.32 Å². The zero-order chi connectivity index (χ0) is 28.3. The lowest BCUT2D eigenvalue weighted by Crippen LogP contribution is -2.38. The molecule has 0 bridgehead atoms. The molecule has 2 aliphatic carbocycles. The fourth-order valence-corrected chi connectivity index (χ4v) is 6.09. The van der Waals surface area contributed by atoms with Gasteiger partial charge in [-0.1, -0.05) is 36.4 Å². The molecular formula is C35H36N2O4. The van der Waals surface area contributed by atoms with Crippen molar-refractivity contribution in [3.8, 4) is 39.5 Å². The summed E-state index contributed by atoms with van der Waals surface area (Å²) in [6.07, 6.45) is 3.86. The third-order valence-corrected chi connectivity index (χ3v) is 8.42. The molecule has 2 aliphatic rings. The molecule has 6 nitrogen and oxygen atoms in total. The molecule has 0 spiro atoms. The number of benzene rings is 4. The van der Waals surface area contributed by atoms with E-state index in [9.17, 15) is 4.79 Å². The van der Waals surface area contributed by atoms with E-state index in [1.807, 2.05) is 60.7 Å². The molecule has 6 heteroatoms. The van der Waals surface area contributed by atoms with Gasteiger partial charge in [0, 0.05) is 22.9 Å². The molecule has 2 saturated carbocycles. The summed E-state index contributed by atoms with van der Waals surface area (Å²) in [5.41, 5.74) is 5.19. The van der Waals surface area contributed by atoms with E-state index in [4.69, 9.17) is 14.2 Å². The van der Waals surface area contributed by atoms with Crippen molar-refractivity contribution in [3.05, 3.63) is 96.6 Å². The molecule has 4 aromatic carbocycles. The molecule has 210 valence electrons. The summed E-state index contributed by atoms with van der Waals surface area (Å²) in [5.74, 6) is 3.83. The van der Waals surface area contributed by atoms with Gasteiger partial charge in [-0.2, -0.15) is 0 Å². The lowest BCUT2D eigenvalue weighted by atomic mass is 9.93. The van der Waals surface area contributed by atoms with Gasteiger partial charge >= 0.3 is 0 Å². The van der Waals surface area contributed by atoms with E-state index in [-0.39, 0.29) is 12.0 Å².